The number of urea groups is 1. The second kappa shape index (κ2) is 3.46. The summed E-state index contributed by atoms with van der Waals surface area (Å²) >= 11 is 1.56. The fraction of sp³-hybridized carbons (Fsp3) is 0.273. The van der Waals surface area contributed by atoms with Crippen LogP contribution in [-0.4, -0.2) is 17.7 Å². The van der Waals surface area contributed by atoms with Crippen LogP contribution < -0.4 is 10.6 Å². The molecule has 2 N–H and O–H groups in total. The zero-order valence-corrected chi connectivity index (χ0v) is 9.57. The number of hydrogen-bond donors (Lipinski definition) is 2. The fourth-order valence-electron chi connectivity index (χ4n) is 2.27. The highest BCUT2D eigenvalue weighted by Gasteiger charge is 2.50. The molecule has 0 unspecified atom stereocenters. The fourth-order valence-corrected chi connectivity index (χ4v) is 3.45. The molecule has 2 heterocycles. The smallest absolute Gasteiger partial charge is 0.319 e. The largest absolute Gasteiger partial charge is 0.322 e. The summed E-state index contributed by atoms with van der Waals surface area (Å²) in [6.45, 7) is 0. The molecule has 2 aliphatic rings. The zero-order valence-electron chi connectivity index (χ0n) is 8.75. The predicted molar refractivity (Wildman–Crippen MR) is 60.1 cm³/mol. The Morgan fingerprint density at radius 2 is 2.18 bits per heavy atom. The molecule has 2 aliphatic heterocycles. The molecule has 1 aromatic carbocycles. The van der Waals surface area contributed by atoms with E-state index in [4.69, 9.17) is 0 Å². The van der Waals surface area contributed by atoms with E-state index in [2.05, 4.69) is 10.6 Å². The SMILES string of the molecule is O=C1NC(=O)[C@@]2(CCSc3ccc(F)cc32)N1. The Balaban J connectivity index is 2.19. The van der Waals surface area contributed by atoms with Gasteiger partial charge >= 0.3 is 6.03 Å². The Hall–Kier alpha value is -1.56. The summed E-state index contributed by atoms with van der Waals surface area (Å²) in [5, 5.41) is 4.84. The van der Waals surface area contributed by atoms with Crippen molar-refractivity contribution in [1.29, 1.82) is 0 Å². The molecule has 1 saturated heterocycles. The van der Waals surface area contributed by atoms with E-state index in [0.717, 1.165) is 4.90 Å². The summed E-state index contributed by atoms with van der Waals surface area (Å²) < 4.78 is 13.3. The third-order valence-corrected chi connectivity index (χ3v) is 4.15. The van der Waals surface area contributed by atoms with Crippen LogP contribution in [0.4, 0.5) is 9.18 Å². The van der Waals surface area contributed by atoms with Gasteiger partial charge in [-0.2, -0.15) is 0 Å². The third kappa shape index (κ3) is 1.44. The van der Waals surface area contributed by atoms with E-state index in [1.54, 1.807) is 17.8 Å². The van der Waals surface area contributed by atoms with Crippen molar-refractivity contribution in [3.8, 4) is 0 Å². The number of imide groups is 1. The first-order valence-electron chi connectivity index (χ1n) is 5.18. The van der Waals surface area contributed by atoms with Gasteiger partial charge in [-0.25, -0.2) is 9.18 Å². The van der Waals surface area contributed by atoms with Crippen molar-refractivity contribution < 1.29 is 14.0 Å². The molecule has 1 atom stereocenters. The number of benzene rings is 1. The minimum absolute atomic E-state index is 0.394. The first-order chi connectivity index (χ1) is 8.12. The van der Waals surface area contributed by atoms with Crippen LogP contribution in [0.15, 0.2) is 23.1 Å². The second-order valence-electron chi connectivity index (χ2n) is 4.05. The topological polar surface area (TPSA) is 58.2 Å². The van der Waals surface area contributed by atoms with Crippen molar-refractivity contribution in [1.82, 2.24) is 10.6 Å². The number of thioether (sulfide) groups is 1. The number of fused-ring (bicyclic) bond motifs is 2. The Labute approximate surface area is 101 Å². The summed E-state index contributed by atoms with van der Waals surface area (Å²) in [6, 6.07) is 3.82. The first-order valence-corrected chi connectivity index (χ1v) is 6.17. The van der Waals surface area contributed by atoms with Gasteiger partial charge in [0.2, 0.25) is 0 Å². The lowest BCUT2D eigenvalue weighted by atomic mass is 9.87. The van der Waals surface area contributed by atoms with Crippen molar-refractivity contribution in [3.63, 3.8) is 0 Å². The predicted octanol–water partition coefficient (Wildman–Crippen LogP) is 1.36. The van der Waals surface area contributed by atoms with Crippen molar-refractivity contribution in [2.75, 3.05) is 5.75 Å². The quantitative estimate of drug-likeness (QED) is 0.685. The van der Waals surface area contributed by atoms with E-state index >= 15 is 0 Å². The molecule has 4 nitrogen and oxygen atoms in total. The maximum absolute atomic E-state index is 13.3. The van der Waals surface area contributed by atoms with Gasteiger partial charge in [-0.1, -0.05) is 0 Å². The molecular formula is C11H9FN2O2S. The minimum atomic E-state index is -1.08. The van der Waals surface area contributed by atoms with Gasteiger partial charge in [0, 0.05) is 16.2 Å². The summed E-state index contributed by atoms with van der Waals surface area (Å²) in [5.74, 6) is -0.0824. The molecule has 88 valence electrons. The molecule has 6 heteroatoms. The lowest BCUT2D eigenvalue weighted by Gasteiger charge is -2.32. The molecule has 0 aliphatic carbocycles. The number of carbonyl (C=O) groups excluding carboxylic acids is 2. The summed E-state index contributed by atoms with van der Waals surface area (Å²) in [5.41, 5.74) is -0.531. The highest BCUT2D eigenvalue weighted by molar-refractivity contribution is 7.99. The molecule has 0 bridgehead atoms. The van der Waals surface area contributed by atoms with E-state index in [9.17, 15) is 14.0 Å². The maximum Gasteiger partial charge on any atom is 0.322 e. The number of nitrogens with one attached hydrogen (secondary N) is 2. The van der Waals surface area contributed by atoms with Crippen LogP contribution in [0.5, 0.6) is 0 Å². The molecule has 1 aromatic rings. The Morgan fingerprint density at radius 3 is 2.88 bits per heavy atom. The molecule has 3 rings (SSSR count). The summed E-state index contributed by atoms with van der Waals surface area (Å²) in [6.07, 6.45) is 0.478. The van der Waals surface area contributed by atoms with Crippen molar-refractivity contribution in [2.45, 2.75) is 16.9 Å². The number of halogens is 1. The molecule has 1 fully saturated rings. The van der Waals surface area contributed by atoms with Crippen molar-refractivity contribution in [3.05, 3.63) is 29.6 Å². The van der Waals surface area contributed by atoms with Crippen LogP contribution in [0.3, 0.4) is 0 Å². The van der Waals surface area contributed by atoms with Crippen LogP contribution in [0.2, 0.25) is 0 Å². The van der Waals surface area contributed by atoms with Gasteiger partial charge in [0.1, 0.15) is 11.4 Å². The third-order valence-electron chi connectivity index (χ3n) is 3.08. The number of amides is 3. The summed E-state index contributed by atoms with van der Waals surface area (Å²) in [7, 11) is 0. The van der Waals surface area contributed by atoms with Gasteiger partial charge in [-0.3, -0.25) is 10.1 Å². The average molecular weight is 252 g/mol. The molecule has 0 aromatic heterocycles. The van der Waals surface area contributed by atoms with Crippen LogP contribution in [0.25, 0.3) is 0 Å². The number of carbonyl (C=O) groups is 2. The minimum Gasteiger partial charge on any atom is -0.319 e. The van der Waals surface area contributed by atoms with E-state index in [-0.39, 0.29) is 0 Å². The van der Waals surface area contributed by atoms with E-state index < -0.39 is 23.3 Å². The van der Waals surface area contributed by atoms with E-state index in [0.29, 0.717) is 17.7 Å². The molecule has 1 spiro atoms. The van der Waals surface area contributed by atoms with Crippen LogP contribution in [0.1, 0.15) is 12.0 Å². The highest BCUT2D eigenvalue weighted by atomic mass is 32.2. The van der Waals surface area contributed by atoms with Gasteiger partial charge < -0.3 is 5.32 Å². The van der Waals surface area contributed by atoms with Gasteiger partial charge in [-0.05, 0) is 24.6 Å². The second-order valence-corrected chi connectivity index (χ2v) is 5.19. The van der Waals surface area contributed by atoms with Crippen LogP contribution in [0, 0.1) is 5.82 Å². The Kier molecular flexibility index (Phi) is 2.16. The van der Waals surface area contributed by atoms with Crippen LogP contribution >= 0.6 is 11.8 Å². The number of rotatable bonds is 0. The molecule has 0 saturated carbocycles. The Morgan fingerprint density at radius 1 is 1.35 bits per heavy atom. The van der Waals surface area contributed by atoms with Crippen LogP contribution in [-0.2, 0) is 10.3 Å². The monoisotopic (exact) mass is 252 g/mol. The van der Waals surface area contributed by atoms with E-state index in [1.807, 2.05) is 0 Å². The lowest BCUT2D eigenvalue weighted by Crippen LogP contribution is -2.46. The normalized spacial score (nSPS) is 26.6. The van der Waals surface area contributed by atoms with Crippen molar-refractivity contribution >= 4 is 23.7 Å². The van der Waals surface area contributed by atoms with Gasteiger partial charge in [0.25, 0.3) is 5.91 Å². The highest BCUT2D eigenvalue weighted by Crippen LogP contribution is 2.42. The van der Waals surface area contributed by atoms with Gasteiger partial charge in [0.05, 0.1) is 0 Å². The van der Waals surface area contributed by atoms with Crippen molar-refractivity contribution in [2.24, 2.45) is 0 Å². The number of hydrogen-bond acceptors (Lipinski definition) is 3. The summed E-state index contributed by atoms with van der Waals surface area (Å²) in [4.78, 5) is 24.0. The molecular weight excluding hydrogens is 243 g/mol. The molecule has 3 amide bonds. The van der Waals surface area contributed by atoms with Gasteiger partial charge in [0.15, 0.2) is 0 Å². The maximum atomic E-state index is 13.3. The van der Waals surface area contributed by atoms with E-state index in [1.165, 1.54) is 12.1 Å². The lowest BCUT2D eigenvalue weighted by molar-refractivity contribution is -0.124. The van der Waals surface area contributed by atoms with Gasteiger partial charge in [-0.15, -0.1) is 11.8 Å². The first kappa shape index (κ1) is 10.6. The Bertz CT molecular complexity index is 534. The standard InChI is InChI=1S/C11H9FN2O2S/c12-6-1-2-8-7(5-6)11(3-4-17-8)9(15)13-10(16)14-11/h1-2,5H,3-4H2,(H2,13,14,15,16)/t11-/m0/s1. The molecule has 17 heavy (non-hydrogen) atoms. The average Bonchev–Trinajstić information content (AvgIpc) is 2.56. The zero-order chi connectivity index (χ0) is 12.0. The molecule has 0 radical (unpaired) electrons.